The van der Waals surface area contributed by atoms with Gasteiger partial charge in [0.15, 0.2) is 0 Å². The fourth-order valence-electron chi connectivity index (χ4n) is 5.86. The van der Waals surface area contributed by atoms with Crippen LogP contribution in [0.3, 0.4) is 0 Å². The molecule has 6 rings (SSSR count). The summed E-state index contributed by atoms with van der Waals surface area (Å²) in [4.78, 5) is 42.1. The Hall–Kier alpha value is -4.18. The van der Waals surface area contributed by atoms with E-state index in [1.807, 2.05) is 35.7 Å². The third-order valence-corrected chi connectivity index (χ3v) is 9.03. The molecule has 4 unspecified atom stereocenters. The number of fused-ring (bicyclic) bond motifs is 2. The summed E-state index contributed by atoms with van der Waals surface area (Å²) in [6.07, 6.45) is 3.81. The van der Waals surface area contributed by atoms with Gasteiger partial charge in [0.25, 0.3) is 5.91 Å². The van der Waals surface area contributed by atoms with Gasteiger partial charge in [0.2, 0.25) is 11.8 Å². The number of piperidine rings is 1. The summed E-state index contributed by atoms with van der Waals surface area (Å²) in [5.41, 5.74) is 8.05. The molecule has 2 aliphatic carbocycles. The molecule has 1 aromatic heterocycles. The van der Waals surface area contributed by atoms with E-state index in [4.69, 9.17) is 15.9 Å². The normalized spacial score (nSPS) is 22.6. The number of rotatable bonds is 8. The molecule has 9 nitrogen and oxygen atoms in total. The Balaban J connectivity index is 1.02. The molecule has 40 heavy (non-hydrogen) atoms. The molecule has 206 valence electrons. The Bertz CT molecular complexity index is 1450. The van der Waals surface area contributed by atoms with Crippen LogP contribution >= 0.6 is 11.3 Å². The molecule has 1 saturated carbocycles. The lowest BCUT2D eigenvalue weighted by Crippen LogP contribution is -2.53. The van der Waals surface area contributed by atoms with Crippen LogP contribution in [0, 0.1) is 11.3 Å². The highest BCUT2D eigenvalue weighted by Crippen LogP contribution is 2.48. The highest BCUT2D eigenvalue weighted by Gasteiger charge is 2.56. The van der Waals surface area contributed by atoms with Gasteiger partial charge in [-0.05, 0) is 73.6 Å². The molecule has 5 N–H and O–H groups in total. The number of nitrogens with two attached hydrogens (primary N) is 1. The first kappa shape index (κ1) is 26.1. The molecule has 3 amide bonds. The van der Waals surface area contributed by atoms with E-state index in [1.165, 1.54) is 0 Å². The van der Waals surface area contributed by atoms with E-state index < -0.39 is 6.04 Å². The third kappa shape index (κ3) is 5.31. The van der Waals surface area contributed by atoms with Crippen molar-refractivity contribution in [1.82, 2.24) is 15.5 Å². The van der Waals surface area contributed by atoms with Crippen LogP contribution in [-0.4, -0.2) is 53.1 Å². The van der Waals surface area contributed by atoms with E-state index in [1.54, 1.807) is 40.5 Å². The van der Waals surface area contributed by atoms with Gasteiger partial charge in [-0.15, -0.1) is 11.3 Å². The average molecular weight is 558 g/mol. The van der Waals surface area contributed by atoms with Crippen LogP contribution in [0.5, 0.6) is 11.5 Å². The van der Waals surface area contributed by atoms with Crippen LogP contribution in [-0.2, 0) is 22.4 Å². The van der Waals surface area contributed by atoms with Crippen molar-refractivity contribution in [3.05, 3.63) is 81.5 Å². The largest absolute Gasteiger partial charge is 0.457 e. The Morgan fingerprint density at radius 3 is 2.55 bits per heavy atom. The summed E-state index contributed by atoms with van der Waals surface area (Å²) in [6, 6.07) is 15.7. The molecule has 2 fully saturated rings. The third-order valence-electron chi connectivity index (χ3n) is 7.98. The smallest absolute Gasteiger partial charge is 0.251 e. The quantitative estimate of drug-likeness (QED) is 0.249. The number of nitrogens with one attached hydrogen (secondary N) is 3. The number of carbonyl (C=O) groups is 3. The van der Waals surface area contributed by atoms with Crippen molar-refractivity contribution in [2.75, 3.05) is 6.54 Å². The maximum Gasteiger partial charge on any atom is 0.251 e. The minimum absolute atomic E-state index is 0.0131. The second kappa shape index (κ2) is 10.8. The van der Waals surface area contributed by atoms with Crippen molar-refractivity contribution in [3.63, 3.8) is 0 Å². The molecule has 2 aromatic carbocycles. The number of amidine groups is 1. The van der Waals surface area contributed by atoms with Gasteiger partial charge in [-0.2, -0.15) is 0 Å². The highest BCUT2D eigenvalue weighted by atomic mass is 32.1. The van der Waals surface area contributed by atoms with E-state index >= 15 is 0 Å². The SMILES string of the molecule is N=C(N)c1csc2c1CCC(NC(=O)C1CC3CC3N1C(=O)CNC(=O)c1ccc(Oc3ccccc3)cc1)C2. The van der Waals surface area contributed by atoms with Crippen LogP contribution in [0.2, 0.25) is 0 Å². The summed E-state index contributed by atoms with van der Waals surface area (Å²) in [7, 11) is 0. The molecule has 0 spiro atoms. The number of likely N-dealkylation sites (tertiary alicyclic amines) is 1. The van der Waals surface area contributed by atoms with Crippen molar-refractivity contribution < 1.29 is 19.1 Å². The second-order valence-electron chi connectivity index (χ2n) is 10.7. The first-order valence-electron chi connectivity index (χ1n) is 13.5. The molecular formula is C30H31N5O4S. The average Bonchev–Trinajstić information content (AvgIpc) is 3.41. The Kier molecular flexibility index (Phi) is 7.02. The van der Waals surface area contributed by atoms with E-state index in [2.05, 4.69) is 10.6 Å². The van der Waals surface area contributed by atoms with Crippen molar-refractivity contribution >= 4 is 34.9 Å². The van der Waals surface area contributed by atoms with Gasteiger partial charge < -0.3 is 26.0 Å². The van der Waals surface area contributed by atoms with E-state index in [0.29, 0.717) is 35.8 Å². The number of nitrogen functional groups attached to an aromatic ring is 1. The summed E-state index contributed by atoms with van der Waals surface area (Å²) in [5.74, 6) is 1.02. The van der Waals surface area contributed by atoms with Gasteiger partial charge in [0.05, 0.1) is 6.54 Å². The van der Waals surface area contributed by atoms with Crippen molar-refractivity contribution in [2.24, 2.45) is 11.7 Å². The number of carbonyl (C=O) groups excluding carboxylic acids is 3. The van der Waals surface area contributed by atoms with Gasteiger partial charge in [-0.3, -0.25) is 19.8 Å². The molecular weight excluding hydrogens is 526 g/mol. The van der Waals surface area contributed by atoms with Crippen molar-refractivity contribution in [2.45, 2.75) is 50.2 Å². The number of benzene rings is 2. The molecule has 1 saturated heterocycles. The summed E-state index contributed by atoms with van der Waals surface area (Å²) < 4.78 is 5.77. The molecule has 0 bridgehead atoms. The zero-order chi connectivity index (χ0) is 27.8. The number of amides is 3. The van der Waals surface area contributed by atoms with Gasteiger partial charge >= 0.3 is 0 Å². The zero-order valence-corrected chi connectivity index (χ0v) is 22.7. The predicted octanol–water partition coefficient (Wildman–Crippen LogP) is 3.22. The number of thiophene rings is 1. The summed E-state index contributed by atoms with van der Waals surface area (Å²) in [5, 5.41) is 15.6. The topological polar surface area (TPSA) is 138 Å². The number of nitrogens with zero attached hydrogens (tertiary/aromatic N) is 1. The fourth-order valence-corrected chi connectivity index (χ4v) is 7.04. The Morgan fingerprint density at radius 2 is 1.80 bits per heavy atom. The molecule has 4 atom stereocenters. The zero-order valence-electron chi connectivity index (χ0n) is 21.9. The van der Waals surface area contributed by atoms with Crippen LogP contribution in [0.1, 0.15) is 45.6 Å². The number of hydrogen-bond acceptors (Lipinski definition) is 6. The van der Waals surface area contributed by atoms with Crippen LogP contribution < -0.4 is 21.1 Å². The summed E-state index contributed by atoms with van der Waals surface area (Å²) in [6.45, 7) is -0.163. The summed E-state index contributed by atoms with van der Waals surface area (Å²) >= 11 is 1.58. The van der Waals surface area contributed by atoms with Crippen molar-refractivity contribution in [1.29, 1.82) is 5.41 Å². The number of hydrogen-bond donors (Lipinski definition) is 4. The maximum atomic E-state index is 13.3. The van der Waals surface area contributed by atoms with Crippen LogP contribution in [0.15, 0.2) is 60.0 Å². The fraction of sp³-hybridized carbons (Fsp3) is 0.333. The second-order valence-corrected chi connectivity index (χ2v) is 11.6. The number of ether oxygens (including phenoxy) is 1. The molecule has 0 radical (unpaired) electrons. The Morgan fingerprint density at radius 1 is 1.05 bits per heavy atom. The predicted molar refractivity (Wildman–Crippen MR) is 152 cm³/mol. The monoisotopic (exact) mass is 557 g/mol. The van der Waals surface area contributed by atoms with Gasteiger partial charge in [-0.1, -0.05) is 18.2 Å². The number of para-hydroxylation sites is 1. The van der Waals surface area contributed by atoms with E-state index in [9.17, 15) is 14.4 Å². The van der Waals surface area contributed by atoms with E-state index in [0.717, 1.165) is 35.3 Å². The molecule has 3 aliphatic rings. The lowest BCUT2D eigenvalue weighted by Gasteiger charge is -2.30. The first-order chi connectivity index (χ1) is 19.4. The minimum atomic E-state index is -0.514. The maximum absolute atomic E-state index is 13.3. The van der Waals surface area contributed by atoms with E-state index in [-0.39, 0.29) is 42.2 Å². The minimum Gasteiger partial charge on any atom is -0.457 e. The molecule has 3 aromatic rings. The first-order valence-corrected chi connectivity index (χ1v) is 14.4. The van der Waals surface area contributed by atoms with Gasteiger partial charge in [0.1, 0.15) is 23.4 Å². The molecule has 1 aliphatic heterocycles. The van der Waals surface area contributed by atoms with Crippen molar-refractivity contribution in [3.8, 4) is 11.5 Å². The molecule has 2 heterocycles. The molecule has 10 heteroatoms. The lowest BCUT2D eigenvalue weighted by atomic mass is 9.91. The van der Waals surface area contributed by atoms with Crippen LogP contribution in [0.25, 0.3) is 0 Å². The standard InChI is InChI=1S/C30H31N5O4S/c31-28(32)23-16-40-26-14-19(8-11-22(23)26)34-30(38)25-13-18-12-24(18)35(25)27(36)15-33-29(37)17-6-9-21(10-7-17)39-20-4-2-1-3-5-20/h1-7,9-10,16,18-19,24-25H,8,11-15H2,(H3,31,32)(H,33,37)(H,34,38). The highest BCUT2D eigenvalue weighted by molar-refractivity contribution is 7.10. The van der Waals surface area contributed by atoms with Gasteiger partial charge in [-0.25, -0.2) is 0 Å². The lowest BCUT2D eigenvalue weighted by molar-refractivity contribution is -0.139. The van der Waals surface area contributed by atoms with Gasteiger partial charge in [0, 0.05) is 39.9 Å². The Labute approximate surface area is 236 Å². The van der Waals surface area contributed by atoms with Crippen LogP contribution in [0.4, 0.5) is 0 Å².